The Kier molecular flexibility index (Phi) is 6.77. The van der Waals surface area contributed by atoms with Crippen LogP contribution in [0.1, 0.15) is 37.7 Å². The lowest BCUT2D eigenvalue weighted by Gasteiger charge is -2.21. The smallest absolute Gasteiger partial charge is 0.267 e. The number of ether oxygens (including phenoxy) is 1. The monoisotopic (exact) mass is 491 g/mol. The second-order valence-electron chi connectivity index (χ2n) is 9.05. The minimum absolute atomic E-state index is 0.0182. The summed E-state index contributed by atoms with van der Waals surface area (Å²) >= 11 is 1.32. The minimum atomic E-state index is -0.203. The van der Waals surface area contributed by atoms with Crippen LogP contribution < -0.4 is 15.6 Å². The number of hydrogen-bond donors (Lipinski definition) is 1. The van der Waals surface area contributed by atoms with Gasteiger partial charge in [0.15, 0.2) is 5.16 Å². The van der Waals surface area contributed by atoms with E-state index in [4.69, 9.17) is 4.74 Å². The first-order valence-electron chi connectivity index (χ1n) is 12.0. The summed E-state index contributed by atoms with van der Waals surface area (Å²) in [5, 5.41) is 12.9. The Morgan fingerprint density at radius 2 is 1.94 bits per heavy atom. The fourth-order valence-corrected chi connectivity index (χ4v) is 5.56. The molecule has 9 heteroatoms. The van der Waals surface area contributed by atoms with Gasteiger partial charge in [-0.25, -0.2) is 4.57 Å². The summed E-state index contributed by atoms with van der Waals surface area (Å²) in [6, 6.07) is 13.1. The van der Waals surface area contributed by atoms with Crippen molar-refractivity contribution >= 4 is 34.3 Å². The lowest BCUT2D eigenvalue weighted by atomic mass is 9.89. The van der Waals surface area contributed by atoms with Crippen molar-refractivity contribution in [3.8, 4) is 11.4 Å². The molecule has 1 N–H and O–H groups in total. The molecular formula is C26H29N5O3S. The zero-order chi connectivity index (χ0) is 24.4. The molecule has 2 aromatic carbocycles. The van der Waals surface area contributed by atoms with Gasteiger partial charge >= 0.3 is 0 Å². The molecule has 0 bridgehead atoms. The number of carbonyl (C=O) groups excluding carboxylic acids is 1. The number of carbonyl (C=O) groups is 1. The summed E-state index contributed by atoms with van der Waals surface area (Å²) in [4.78, 5) is 26.2. The predicted molar refractivity (Wildman–Crippen MR) is 138 cm³/mol. The van der Waals surface area contributed by atoms with E-state index < -0.39 is 0 Å². The van der Waals surface area contributed by atoms with Gasteiger partial charge < -0.3 is 10.1 Å². The van der Waals surface area contributed by atoms with Crippen molar-refractivity contribution in [3.63, 3.8) is 0 Å². The Morgan fingerprint density at radius 1 is 1.14 bits per heavy atom. The molecule has 1 fully saturated rings. The highest BCUT2D eigenvalue weighted by Crippen LogP contribution is 2.28. The maximum atomic E-state index is 13.6. The number of aryl methyl sites for hydroxylation is 1. The number of fused-ring (bicyclic) bond motifs is 3. The van der Waals surface area contributed by atoms with Gasteiger partial charge in [-0.1, -0.05) is 49.2 Å². The van der Waals surface area contributed by atoms with Crippen LogP contribution in [0.4, 0.5) is 0 Å². The zero-order valence-corrected chi connectivity index (χ0v) is 20.8. The molecule has 5 rings (SSSR count). The molecule has 1 aliphatic rings. The number of nitrogens with one attached hydrogen (secondary N) is 1. The highest BCUT2D eigenvalue weighted by Gasteiger charge is 2.21. The van der Waals surface area contributed by atoms with Gasteiger partial charge in [0, 0.05) is 6.54 Å². The lowest BCUT2D eigenvalue weighted by molar-refractivity contribution is -0.118. The van der Waals surface area contributed by atoms with Gasteiger partial charge in [0.25, 0.3) is 5.56 Å². The average Bonchev–Trinajstić information content (AvgIpc) is 3.31. The number of rotatable bonds is 7. The van der Waals surface area contributed by atoms with Gasteiger partial charge in [-0.2, -0.15) is 0 Å². The standard InChI is InChI=1S/C26H29N5O3S/c1-17-12-13-22(34-2)21(14-17)30-24(33)19-10-6-7-11-20(19)31-25(30)28-29-26(31)35-16-23(32)27-15-18-8-4-3-5-9-18/h6-7,10-14,18H,3-5,8-9,15-16H2,1-2H3,(H,27,32). The zero-order valence-electron chi connectivity index (χ0n) is 20.0. The Bertz CT molecular complexity index is 1440. The van der Waals surface area contributed by atoms with Crippen LogP contribution in [0.2, 0.25) is 0 Å². The van der Waals surface area contributed by atoms with Gasteiger partial charge in [-0.15, -0.1) is 10.2 Å². The lowest BCUT2D eigenvalue weighted by Crippen LogP contribution is -2.31. The van der Waals surface area contributed by atoms with E-state index in [2.05, 4.69) is 15.5 Å². The third-order valence-electron chi connectivity index (χ3n) is 6.61. The van der Waals surface area contributed by atoms with Crippen LogP contribution >= 0.6 is 11.8 Å². The molecule has 2 aromatic heterocycles. The van der Waals surface area contributed by atoms with Gasteiger partial charge in [-0.3, -0.25) is 14.0 Å². The van der Waals surface area contributed by atoms with Crippen molar-refractivity contribution in [3.05, 3.63) is 58.4 Å². The fraction of sp³-hybridized carbons (Fsp3) is 0.385. The molecule has 1 aliphatic carbocycles. The molecule has 4 aromatic rings. The van der Waals surface area contributed by atoms with Crippen molar-refractivity contribution < 1.29 is 9.53 Å². The van der Waals surface area contributed by atoms with Crippen molar-refractivity contribution in [2.45, 2.75) is 44.2 Å². The minimum Gasteiger partial charge on any atom is -0.495 e. The first-order valence-corrected chi connectivity index (χ1v) is 13.0. The Hall–Kier alpha value is -3.33. The average molecular weight is 492 g/mol. The first-order chi connectivity index (χ1) is 17.1. The molecule has 0 unspecified atom stereocenters. The summed E-state index contributed by atoms with van der Waals surface area (Å²) in [6.07, 6.45) is 6.18. The molecule has 0 spiro atoms. The normalized spacial score (nSPS) is 14.5. The predicted octanol–water partition coefficient (Wildman–Crippen LogP) is 4.14. The highest BCUT2D eigenvalue weighted by atomic mass is 32.2. The molecule has 1 amide bonds. The number of nitrogens with zero attached hydrogens (tertiary/aromatic N) is 4. The molecule has 182 valence electrons. The van der Waals surface area contributed by atoms with Crippen LogP contribution in [-0.2, 0) is 4.79 Å². The van der Waals surface area contributed by atoms with Gasteiger partial charge in [0.2, 0.25) is 11.7 Å². The van der Waals surface area contributed by atoms with E-state index in [1.807, 2.05) is 47.7 Å². The molecule has 2 heterocycles. The Labute approximate surface area is 207 Å². The third kappa shape index (κ3) is 4.65. The molecule has 35 heavy (non-hydrogen) atoms. The van der Waals surface area contributed by atoms with Crippen molar-refractivity contribution in [1.82, 2.24) is 24.5 Å². The van der Waals surface area contributed by atoms with E-state index in [-0.39, 0.29) is 17.2 Å². The second kappa shape index (κ2) is 10.1. The number of aromatic nitrogens is 4. The van der Waals surface area contributed by atoms with E-state index in [0.29, 0.717) is 39.2 Å². The van der Waals surface area contributed by atoms with E-state index in [1.54, 1.807) is 13.2 Å². The first kappa shape index (κ1) is 23.4. The molecule has 0 atom stereocenters. The number of para-hydroxylation sites is 1. The largest absolute Gasteiger partial charge is 0.495 e. The summed E-state index contributed by atoms with van der Waals surface area (Å²) in [5.41, 5.74) is 2.09. The van der Waals surface area contributed by atoms with Crippen molar-refractivity contribution in [2.75, 3.05) is 19.4 Å². The summed E-state index contributed by atoms with van der Waals surface area (Å²) in [6.45, 7) is 2.69. The van der Waals surface area contributed by atoms with Crippen LogP contribution in [0.3, 0.4) is 0 Å². The molecule has 8 nitrogen and oxygen atoms in total. The highest BCUT2D eigenvalue weighted by molar-refractivity contribution is 7.99. The number of thioether (sulfide) groups is 1. The van der Waals surface area contributed by atoms with Crippen LogP contribution in [0.15, 0.2) is 52.4 Å². The maximum Gasteiger partial charge on any atom is 0.267 e. The second-order valence-corrected chi connectivity index (χ2v) is 9.99. The van der Waals surface area contributed by atoms with E-state index in [9.17, 15) is 9.59 Å². The quantitative estimate of drug-likeness (QED) is 0.391. The number of amides is 1. The molecule has 0 aliphatic heterocycles. The summed E-state index contributed by atoms with van der Waals surface area (Å²) < 4.78 is 8.94. The van der Waals surface area contributed by atoms with Gasteiger partial charge in [0.1, 0.15) is 5.75 Å². The van der Waals surface area contributed by atoms with E-state index in [0.717, 1.165) is 12.1 Å². The van der Waals surface area contributed by atoms with Gasteiger partial charge in [-0.05, 0) is 55.5 Å². The number of hydrogen-bond acceptors (Lipinski definition) is 6. The third-order valence-corrected chi connectivity index (χ3v) is 7.54. The van der Waals surface area contributed by atoms with Crippen LogP contribution in [0, 0.1) is 12.8 Å². The Morgan fingerprint density at radius 3 is 2.74 bits per heavy atom. The summed E-state index contributed by atoms with van der Waals surface area (Å²) in [5.74, 6) is 1.73. The number of benzene rings is 2. The molecule has 1 saturated carbocycles. The SMILES string of the molecule is COc1ccc(C)cc1-n1c(=O)c2ccccc2n2c(SCC(=O)NCC3CCCCC3)nnc12. The summed E-state index contributed by atoms with van der Waals surface area (Å²) in [7, 11) is 1.58. The Balaban J connectivity index is 1.51. The number of methoxy groups -OCH3 is 1. The van der Waals surface area contributed by atoms with Crippen LogP contribution in [0.25, 0.3) is 22.4 Å². The van der Waals surface area contributed by atoms with Gasteiger partial charge in [0.05, 0.1) is 29.5 Å². The molecule has 0 radical (unpaired) electrons. The van der Waals surface area contributed by atoms with Crippen LogP contribution in [0.5, 0.6) is 5.75 Å². The van der Waals surface area contributed by atoms with E-state index in [1.165, 1.54) is 48.4 Å². The van der Waals surface area contributed by atoms with Crippen LogP contribution in [-0.4, -0.2) is 44.5 Å². The topological polar surface area (TPSA) is 90.5 Å². The van der Waals surface area contributed by atoms with E-state index >= 15 is 0 Å². The molecular weight excluding hydrogens is 462 g/mol. The van der Waals surface area contributed by atoms with Crippen molar-refractivity contribution in [2.24, 2.45) is 5.92 Å². The fourth-order valence-electron chi connectivity index (χ4n) is 4.79. The maximum absolute atomic E-state index is 13.6. The van der Waals surface area contributed by atoms with Crippen molar-refractivity contribution in [1.29, 1.82) is 0 Å². The molecule has 0 saturated heterocycles.